The van der Waals surface area contributed by atoms with Crippen LogP contribution < -0.4 is 10.1 Å². The molecule has 7 heteroatoms. The van der Waals surface area contributed by atoms with Gasteiger partial charge in [0.15, 0.2) is 11.0 Å². The van der Waals surface area contributed by atoms with Crippen molar-refractivity contribution in [1.82, 2.24) is 20.1 Å². The third kappa shape index (κ3) is 5.38. The molecular weight excluding hydrogens is 384 g/mol. The minimum absolute atomic E-state index is 0.0369. The molecule has 0 saturated carbocycles. The van der Waals surface area contributed by atoms with Gasteiger partial charge in [0.25, 0.3) is 0 Å². The third-order valence-electron chi connectivity index (χ3n) is 4.69. The summed E-state index contributed by atoms with van der Waals surface area (Å²) in [5.41, 5.74) is 3.26. The van der Waals surface area contributed by atoms with Crippen molar-refractivity contribution in [3.63, 3.8) is 0 Å². The van der Waals surface area contributed by atoms with Crippen molar-refractivity contribution < 1.29 is 9.53 Å². The maximum Gasteiger partial charge on any atom is 0.230 e. The van der Waals surface area contributed by atoms with E-state index in [-0.39, 0.29) is 17.7 Å². The summed E-state index contributed by atoms with van der Waals surface area (Å²) in [6, 6.07) is 15.9. The molecule has 29 heavy (non-hydrogen) atoms. The first-order valence-electron chi connectivity index (χ1n) is 9.50. The van der Waals surface area contributed by atoms with Crippen LogP contribution in [0.1, 0.15) is 35.5 Å². The Hall–Kier alpha value is -2.80. The fourth-order valence-electron chi connectivity index (χ4n) is 3.00. The van der Waals surface area contributed by atoms with Gasteiger partial charge in [0.2, 0.25) is 5.91 Å². The zero-order chi connectivity index (χ0) is 20.8. The van der Waals surface area contributed by atoms with E-state index in [0.29, 0.717) is 17.6 Å². The van der Waals surface area contributed by atoms with Gasteiger partial charge in [-0.1, -0.05) is 60.3 Å². The van der Waals surface area contributed by atoms with Crippen LogP contribution in [0, 0.1) is 13.8 Å². The van der Waals surface area contributed by atoms with Gasteiger partial charge in [0.1, 0.15) is 12.4 Å². The number of carbonyl (C=O) groups excluding carboxylic acids is 1. The van der Waals surface area contributed by atoms with Crippen LogP contribution in [0.2, 0.25) is 0 Å². The highest BCUT2D eigenvalue weighted by atomic mass is 32.2. The molecule has 1 N–H and O–H groups in total. The second kappa shape index (κ2) is 9.60. The molecular formula is C22H26N4O2S. The molecule has 1 atom stereocenters. The van der Waals surface area contributed by atoms with Gasteiger partial charge >= 0.3 is 0 Å². The molecule has 0 radical (unpaired) electrons. The highest BCUT2D eigenvalue weighted by Gasteiger charge is 2.14. The van der Waals surface area contributed by atoms with Crippen LogP contribution in [-0.4, -0.2) is 26.4 Å². The Labute approximate surface area is 175 Å². The molecule has 0 unspecified atom stereocenters. The topological polar surface area (TPSA) is 69.0 Å². The van der Waals surface area contributed by atoms with Gasteiger partial charge in [0, 0.05) is 7.05 Å². The first-order chi connectivity index (χ1) is 14.0. The average molecular weight is 411 g/mol. The second-order valence-electron chi connectivity index (χ2n) is 6.96. The number of aromatic nitrogens is 3. The van der Waals surface area contributed by atoms with Crippen LogP contribution in [0.3, 0.4) is 0 Å². The van der Waals surface area contributed by atoms with E-state index in [4.69, 9.17) is 4.74 Å². The number of ether oxygens (including phenoxy) is 1. The Kier molecular flexibility index (Phi) is 6.93. The summed E-state index contributed by atoms with van der Waals surface area (Å²) in [6.45, 7) is 6.35. The Morgan fingerprint density at radius 2 is 1.79 bits per heavy atom. The molecule has 6 nitrogen and oxygen atoms in total. The van der Waals surface area contributed by atoms with Crippen LogP contribution in [0.5, 0.6) is 5.75 Å². The molecule has 1 heterocycles. The zero-order valence-electron chi connectivity index (χ0n) is 17.2. The lowest BCUT2D eigenvalue weighted by Gasteiger charge is -2.14. The average Bonchev–Trinajstić information content (AvgIpc) is 3.06. The minimum Gasteiger partial charge on any atom is -0.485 e. The molecule has 3 rings (SSSR count). The second-order valence-corrected chi connectivity index (χ2v) is 7.90. The molecule has 0 aliphatic rings. The van der Waals surface area contributed by atoms with Crippen molar-refractivity contribution in [2.45, 2.75) is 38.6 Å². The van der Waals surface area contributed by atoms with Crippen LogP contribution in [0.25, 0.3) is 0 Å². The summed E-state index contributed by atoms with van der Waals surface area (Å²) in [5.74, 6) is 1.83. The summed E-state index contributed by atoms with van der Waals surface area (Å²) >= 11 is 1.36. The van der Waals surface area contributed by atoms with Crippen molar-refractivity contribution in [2.75, 3.05) is 5.75 Å². The maximum atomic E-state index is 12.3. The van der Waals surface area contributed by atoms with E-state index in [1.54, 1.807) is 0 Å². The number of hydrogen-bond acceptors (Lipinski definition) is 5. The van der Waals surface area contributed by atoms with Gasteiger partial charge in [-0.25, -0.2) is 0 Å². The number of rotatable bonds is 8. The van der Waals surface area contributed by atoms with E-state index in [9.17, 15) is 4.79 Å². The van der Waals surface area contributed by atoms with E-state index >= 15 is 0 Å². The Balaban J connectivity index is 1.53. The van der Waals surface area contributed by atoms with Gasteiger partial charge in [-0.2, -0.15) is 0 Å². The SMILES string of the molecule is Cc1cccc(C)c1OCc1nnc(SCC(=O)N[C@@H](C)c2ccccc2)n1C. The molecule has 0 aliphatic heterocycles. The number of para-hydroxylation sites is 1. The monoisotopic (exact) mass is 410 g/mol. The van der Waals surface area contributed by atoms with E-state index in [1.165, 1.54) is 11.8 Å². The van der Waals surface area contributed by atoms with E-state index in [1.807, 2.05) is 80.9 Å². The number of hydrogen-bond donors (Lipinski definition) is 1. The highest BCUT2D eigenvalue weighted by Crippen LogP contribution is 2.24. The lowest BCUT2D eigenvalue weighted by Crippen LogP contribution is -2.28. The van der Waals surface area contributed by atoms with E-state index < -0.39 is 0 Å². The zero-order valence-corrected chi connectivity index (χ0v) is 18.0. The lowest BCUT2D eigenvalue weighted by molar-refractivity contribution is -0.119. The number of aryl methyl sites for hydroxylation is 2. The molecule has 0 saturated heterocycles. The van der Waals surface area contributed by atoms with E-state index in [2.05, 4.69) is 15.5 Å². The molecule has 0 spiro atoms. The van der Waals surface area contributed by atoms with Crippen molar-refractivity contribution >= 4 is 17.7 Å². The van der Waals surface area contributed by atoms with Gasteiger partial charge in [-0.3, -0.25) is 4.79 Å². The van der Waals surface area contributed by atoms with Crippen LogP contribution in [0.15, 0.2) is 53.7 Å². The smallest absolute Gasteiger partial charge is 0.230 e. The van der Waals surface area contributed by atoms with Gasteiger partial charge < -0.3 is 14.6 Å². The number of nitrogens with zero attached hydrogens (tertiary/aromatic N) is 3. The van der Waals surface area contributed by atoms with Crippen LogP contribution >= 0.6 is 11.8 Å². The normalized spacial score (nSPS) is 11.9. The number of nitrogens with one attached hydrogen (secondary N) is 1. The van der Waals surface area contributed by atoms with Crippen molar-refractivity contribution in [1.29, 1.82) is 0 Å². The summed E-state index contributed by atoms with van der Waals surface area (Å²) in [4.78, 5) is 12.3. The largest absolute Gasteiger partial charge is 0.485 e. The molecule has 0 fully saturated rings. The van der Waals surface area contributed by atoms with Gasteiger partial charge in [-0.05, 0) is 37.5 Å². The van der Waals surface area contributed by atoms with Crippen LogP contribution in [0.4, 0.5) is 0 Å². The van der Waals surface area contributed by atoms with Crippen LogP contribution in [-0.2, 0) is 18.4 Å². The first-order valence-corrected chi connectivity index (χ1v) is 10.5. The number of carbonyl (C=O) groups is 1. The number of amides is 1. The van der Waals surface area contributed by atoms with Crippen molar-refractivity contribution in [3.8, 4) is 5.75 Å². The van der Waals surface area contributed by atoms with Gasteiger partial charge in [-0.15, -0.1) is 10.2 Å². The number of benzene rings is 2. The first kappa shape index (κ1) is 20.9. The summed E-state index contributed by atoms with van der Waals surface area (Å²) in [6.07, 6.45) is 0. The molecule has 0 bridgehead atoms. The molecule has 2 aromatic carbocycles. The third-order valence-corrected chi connectivity index (χ3v) is 5.71. The molecule has 3 aromatic rings. The fraction of sp³-hybridized carbons (Fsp3) is 0.318. The molecule has 1 amide bonds. The standard InChI is InChI=1S/C22H26N4O2S/c1-15-9-8-10-16(2)21(15)28-13-19-24-25-22(26(19)4)29-14-20(27)23-17(3)18-11-6-5-7-12-18/h5-12,17H,13-14H2,1-4H3,(H,23,27)/t17-/m0/s1. The quantitative estimate of drug-likeness (QED) is 0.569. The molecule has 1 aromatic heterocycles. The Bertz CT molecular complexity index is 952. The molecule has 0 aliphatic carbocycles. The Morgan fingerprint density at radius 1 is 1.10 bits per heavy atom. The fourth-order valence-corrected chi connectivity index (χ4v) is 3.74. The highest BCUT2D eigenvalue weighted by molar-refractivity contribution is 7.99. The summed E-state index contributed by atoms with van der Waals surface area (Å²) in [5, 5.41) is 12.1. The predicted octanol–water partition coefficient (Wildman–Crippen LogP) is 3.98. The van der Waals surface area contributed by atoms with Gasteiger partial charge in [0.05, 0.1) is 11.8 Å². The number of thioether (sulfide) groups is 1. The molecule has 152 valence electrons. The summed E-state index contributed by atoms with van der Waals surface area (Å²) < 4.78 is 7.83. The summed E-state index contributed by atoms with van der Waals surface area (Å²) in [7, 11) is 1.89. The minimum atomic E-state index is -0.0392. The lowest BCUT2D eigenvalue weighted by atomic mass is 10.1. The predicted molar refractivity (Wildman–Crippen MR) is 115 cm³/mol. The van der Waals surface area contributed by atoms with E-state index in [0.717, 1.165) is 22.4 Å². The Morgan fingerprint density at radius 3 is 2.48 bits per heavy atom. The van der Waals surface area contributed by atoms with Crippen molar-refractivity contribution in [3.05, 3.63) is 71.0 Å². The van der Waals surface area contributed by atoms with Crippen molar-refractivity contribution in [2.24, 2.45) is 7.05 Å². The maximum absolute atomic E-state index is 12.3.